The van der Waals surface area contributed by atoms with Crippen LogP contribution in [0, 0.1) is 10.1 Å². The van der Waals surface area contributed by atoms with Crippen LogP contribution >= 0.6 is 0 Å². The van der Waals surface area contributed by atoms with E-state index in [4.69, 9.17) is 27.5 Å². The number of rotatable bonds is 12. The normalized spacial score (nSPS) is 13.7. The van der Waals surface area contributed by atoms with Crippen LogP contribution in [0.25, 0.3) is 0 Å². The molecule has 1 amide bonds. The fraction of sp³-hybridized carbons (Fsp3) is 0.611. The Morgan fingerprint density at radius 2 is 1.73 bits per heavy atom. The summed E-state index contributed by atoms with van der Waals surface area (Å²) in [4.78, 5) is 23.1. The molecule has 0 fully saturated rings. The molecule has 1 aromatic carbocycles. The molecule has 0 bridgehead atoms. The number of alkyl carbamates (subject to hydrolysis) is 1. The van der Waals surface area contributed by atoms with E-state index in [2.05, 4.69) is 5.32 Å². The van der Waals surface area contributed by atoms with Gasteiger partial charge in [0.15, 0.2) is 11.5 Å². The lowest BCUT2D eigenvalue weighted by atomic mass is 10.1. The molecule has 1 aliphatic heterocycles. The van der Waals surface area contributed by atoms with Crippen molar-refractivity contribution in [2.45, 2.75) is 39.8 Å². The molecule has 2 rings (SSSR count). The molecule has 0 aliphatic carbocycles. The second-order valence-corrected chi connectivity index (χ2v) is 8.96. The molecule has 11 nitrogen and oxygen atoms in total. The molecule has 0 spiro atoms. The summed E-state index contributed by atoms with van der Waals surface area (Å²) in [6, 6.07) is 3.09. The standard InChI is InChI=1S/C18H28N2O9Si/c1-5-26-30(27-6-2,28-7-3)9-8-19-18(21)29-13(4)14-10-16-17(25-12-24-16)11-15(14)20(22)23/h10-11,13H,5-9,12H2,1-4H3,(H,19,21). The van der Waals surface area contributed by atoms with Gasteiger partial charge >= 0.3 is 14.9 Å². The van der Waals surface area contributed by atoms with Crippen molar-refractivity contribution in [2.24, 2.45) is 0 Å². The molecule has 0 aromatic heterocycles. The molecular formula is C18H28N2O9Si. The molecule has 1 aromatic rings. The van der Waals surface area contributed by atoms with Gasteiger partial charge in [0, 0.05) is 32.4 Å². The SMILES string of the molecule is CCO[Si](CCNC(=O)OC(C)c1cc2c(cc1[N+](=O)[O-])OCO2)(OCC)OCC. The summed E-state index contributed by atoms with van der Waals surface area (Å²) in [6.45, 7) is 8.58. The number of fused-ring (bicyclic) bond motifs is 1. The molecule has 1 N–H and O–H groups in total. The third-order valence-electron chi connectivity index (χ3n) is 4.23. The number of hydrogen-bond donors (Lipinski definition) is 1. The zero-order valence-corrected chi connectivity index (χ0v) is 18.6. The Morgan fingerprint density at radius 3 is 2.27 bits per heavy atom. The molecule has 12 heteroatoms. The molecule has 168 valence electrons. The highest BCUT2D eigenvalue weighted by Crippen LogP contribution is 2.40. The van der Waals surface area contributed by atoms with Crippen LogP contribution in [0.3, 0.4) is 0 Å². The fourth-order valence-electron chi connectivity index (χ4n) is 3.02. The zero-order valence-electron chi connectivity index (χ0n) is 17.6. The first-order chi connectivity index (χ1) is 14.4. The zero-order chi connectivity index (χ0) is 22.1. The minimum absolute atomic E-state index is 0.0171. The van der Waals surface area contributed by atoms with Crippen LogP contribution in [0.2, 0.25) is 6.04 Å². The van der Waals surface area contributed by atoms with Gasteiger partial charge in [0.1, 0.15) is 6.10 Å². The molecular weight excluding hydrogens is 416 g/mol. The Labute approximate surface area is 176 Å². The number of nitro groups is 1. The smallest absolute Gasteiger partial charge is 0.454 e. The Kier molecular flexibility index (Phi) is 8.83. The Hall–Kier alpha value is -2.41. The highest BCUT2D eigenvalue weighted by Gasteiger charge is 2.40. The molecule has 30 heavy (non-hydrogen) atoms. The maximum Gasteiger partial charge on any atom is 0.502 e. The van der Waals surface area contributed by atoms with Gasteiger partial charge in [-0.2, -0.15) is 0 Å². The fourth-order valence-corrected chi connectivity index (χ4v) is 5.45. The first-order valence-electron chi connectivity index (χ1n) is 9.80. The first-order valence-corrected chi connectivity index (χ1v) is 11.7. The van der Waals surface area contributed by atoms with Crippen LogP contribution < -0.4 is 14.8 Å². The maximum absolute atomic E-state index is 12.2. The van der Waals surface area contributed by atoms with Crippen molar-refractivity contribution in [2.75, 3.05) is 33.2 Å². The second kappa shape index (κ2) is 11.1. The summed E-state index contributed by atoms with van der Waals surface area (Å²) in [5.41, 5.74) is -0.00363. The average molecular weight is 445 g/mol. The van der Waals surface area contributed by atoms with E-state index < -0.39 is 25.9 Å². The number of benzene rings is 1. The molecule has 1 aliphatic rings. The van der Waals surface area contributed by atoms with Gasteiger partial charge in [0.2, 0.25) is 6.79 Å². The van der Waals surface area contributed by atoms with Crippen LogP contribution in [0.15, 0.2) is 12.1 Å². The topological polar surface area (TPSA) is 128 Å². The summed E-state index contributed by atoms with van der Waals surface area (Å²) >= 11 is 0. The van der Waals surface area contributed by atoms with Crippen molar-refractivity contribution in [1.82, 2.24) is 5.32 Å². The van der Waals surface area contributed by atoms with Crippen LogP contribution in [-0.4, -0.2) is 53.0 Å². The molecule has 1 heterocycles. The number of nitrogens with one attached hydrogen (secondary N) is 1. The third kappa shape index (κ3) is 6.04. The summed E-state index contributed by atoms with van der Waals surface area (Å²) in [7, 11) is -2.89. The molecule has 0 saturated heterocycles. The summed E-state index contributed by atoms with van der Waals surface area (Å²) < 4.78 is 32.9. The Morgan fingerprint density at radius 1 is 1.17 bits per heavy atom. The van der Waals surface area contributed by atoms with E-state index in [1.165, 1.54) is 12.1 Å². The maximum atomic E-state index is 12.2. The number of nitro benzene ring substituents is 1. The molecule has 0 radical (unpaired) electrons. The van der Waals surface area contributed by atoms with Crippen LogP contribution in [0.5, 0.6) is 11.5 Å². The lowest BCUT2D eigenvalue weighted by Gasteiger charge is -2.28. The van der Waals surface area contributed by atoms with Gasteiger partial charge in [-0.15, -0.1) is 0 Å². The highest BCUT2D eigenvalue weighted by atomic mass is 28.4. The van der Waals surface area contributed by atoms with Crippen molar-refractivity contribution < 1.29 is 37.2 Å². The first kappa shape index (κ1) is 23.9. The lowest BCUT2D eigenvalue weighted by molar-refractivity contribution is -0.386. The van der Waals surface area contributed by atoms with E-state index in [0.29, 0.717) is 31.6 Å². The van der Waals surface area contributed by atoms with Gasteiger partial charge in [-0.1, -0.05) is 0 Å². The number of nitrogens with zero attached hydrogens (tertiary/aromatic N) is 1. The van der Waals surface area contributed by atoms with E-state index in [-0.39, 0.29) is 30.3 Å². The van der Waals surface area contributed by atoms with Crippen molar-refractivity contribution in [1.29, 1.82) is 0 Å². The highest BCUT2D eigenvalue weighted by molar-refractivity contribution is 6.60. The van der Waals surface area contributed by atoms with Gasteiger partial charge < -0.3 is 32.8 Å². The summed E-state index contributed by atoms with van der Waals surface area (Å²) in [6.07, 6.45) is -1.60. The minimum atomic E-state index is -2.89. The van der Waals surface area contributed by atoms with E-state index in [0.717, 1.165) is 0 Å². The third-order valence-corrected chi connectivity index (χ3v) is 7.28. The Bertz CT molecular complexity index is 730. The Balaban J connectivity index is 1.98. The van der Waals surface area contributed by atoms with Gasteiger partial charge in [-0.3, -0.25) is 10.1 Å². The van der Waals surface area contributed by atoms with Crippen LogP contribution in [0.1, 0.15) is 39.4 Å². The van der Waals surface area contributed by atoms with E-state index >= 15 is 0 Å². The van der Waals surface area contributed by atoms with Crippen LogP contribution in [-0.2, 0) is 18.0 Å². The quantitative estimate of drug-likeness (QED) is 0.294. The predicted molar refractivity (Wildman–Crippen MR) is 108 cm³/mol. The number of carbonyl (C=O) groups excluding carboxylic acids is 1. The van der Waals surface area contributed by atoms with E-state index in [1.54, 1.807) is 6.92 Å². The average Bonchev–Trinajstić information content (AvgIpc) is 3.15. The van der Waals surface area contributed by atoms with Gasteiger partial charge in [-0.05, 0) is 33.8 Å². The number of ether oxygens (including phenoxy) is 3. The van der Waals surface area contributed by atoms with E-state index in [1.807, 2.05) is 20.8 Å². The lowest BCUT2D eigenvalue weighted by Crippen LogP contribution is -2.48. The second-order valence-electron chi connectivity index (χ2n) is 6.23. The van der Waals surface area contributed by atoms with Crippen molar-refractivity contribution in [3.63, 3.8) is 0 Å². The van der Waals surface area contributed by atoms with Gasteiger partial charge in [0.05, 0.1) is 16.6 Å². The molecule has 1 atom stereocenters. The summed E-state index contributed by atoms with van der Waals surface area (Å²) in [5, 5.41) is 14.0. The minimum Gasteiger partial charge on any atom is -0.454 e. The van der Waals surface area contributed by atoms with Gasteiger partial charge in [0.25, 0.3) is 5.69 Å². The van der Waals surface area contributed by atoms with Gasteiger partial charge in [-0.25, -0.2) is 4.79 Å². The monoisotopic (exact) mass is 444 g/mol. The van der Waals surface area contributed by atoms with Crippen LogP contribution in [0.4, 0.5) is 10.5 Å². The largest absolute Gasteiger partial charge is 0.502 e. The molecule has 1 unspecified atom stereocenters. The van der Waals surface area contributed by atoms with Crippen molar-refractivity contribution >= 4 is 20.6 Å². The number of carbonyl (C=O) groups is 1. The number of amides is 1. The number of hydrogen-bond acceptors (Lipinski definition) is 9. The van der Waals surface area contributed by atoms with Crippen molar-refractivity contribution in [3.05, 3.63) is 27.8 Å². The predicted octanol–water partition coefficient (Wildman–Crippen LogP) is 3.16. The van der Waals surface area contributed by atoms with Crippen molar-refractivity contribution in [3.8, 4) is 11.5 Å². The van der Waals surface area contributed by atoms with E-state index in [9.17, 15) is 14.9 Å². The summed E-state index contributed by atoms with van der Waals surface area (Å²) in [5.74, 6) is 0.651. The molecule has 0 saturated carbocycles.